The molecule has 1 fully saturated rings. The zero-order chi connectivity index (χ0) is 23.6. The van der Waals surface area contributed by atoms with Crippen molar-refractivity contribution in [3.8, 4) is 11.3 Å². The van der Waals surface area contributed by atoms with Gasteiger partial charge in [0.1, 0.15) is 5.82 Å². The summed E-state index contributed by atoms with van der Waals surface area (Å²) in [5.74, 6) is -0.516. The molecule has 1 aromatic heterocycles. The molecule has 0 atom stereocenters. The highest BCUT2D eigenvalue weighted by Gasteiger charge is 2.29. The molecule has 0 bridgehead atoms. The third-order valence-electron chi connectivity index (χ3n) is 5.70. The number of hydrogen-bond donors (Lipinski definition) is 0. The monoisotopic (exact) mass is 487 g/mol. The van der Waals surface area contributed by atoms with Crippen LogP contribution in [0.2, 0.25) is 0 Å². The number of thiazole rings is 1. The van der Waals surface area contributed by atoms with Crippen LogP contribution in [0, 0.1) is 19.7 Å². The molecule has 0 aliphatic carbocycles. The van der Waals surface area contributed by atoms with Crippen molar-refractivity contribution in [1.29, 1.82) is 0 Å². The minimum Gasteiger partial charge on any atom is -0.341 e. The van der Waals surface area contributed by atoms with Gasteiger partial charge in [0, 0.05) is 36.6 Å². The zero-order valence-corrected chi connectivity index (χ0v) is 20.3. The Bertz CT molecular complexity index is 1240. The van der Waals surface area contributed by atoms with Gasteiger partial charge in [0.2, 0.25) is 15.9 Å². The van der Waals surface area contributed by atoms with E-state index in [9.17, 15) is 17.6 Å². The Balaban J connectivity index is 1.46. The smallest absolute Gasteiger partial charge is 0.243 e. The summed E-state index contributed by atoms with van der Waals surface area (Å²) in [5, 5.41) is 0.904. The maximum Gasteiger partial charge on any atom is 0.243 e. The Hall–Kier alpha value is -2.62. The second kappa shape index (κ2) is 9.70. The van der Waals surface area contributed by atoms with Gasteiger partial charge in [-0.05, 0) is 44.5 Å². The van der Waals surface area contributed by atoms with Crippen molar-refractivity contribution in [3.63, 3.8) is 0 Å². The number of amides is 1. The first-order valence-corrected chi connectivity index (χ1v) is 13.1. The first kappa shape index (κ1) is 23.5. The molecule has 0 unspecified atom stereocenters. The fraction of sp³-hybridized carbons (Fsp3) is 0.333. The number of carbonyl (C=O) groups excluding carboxylic acids is 1. The first-order chi connectivity index (χ1) is 15.7. The third-order valence-corrected chi connectivity index (χ3v) is 8.58. The lowest BCUT2D eigenvalue weighted by atomic mass is 10.1. The molecule has 0 N–H and O–H groups in total. The zero-order valence-electron chi connectivity index (χ0n) is 18.6. The highest BCUT2D eigenvalue weighted by Crippen LogP contribution is 2.29. The van der Waals surface area contributed by atoms with Crippen LogP contribution < -0.4 is 0 Å². The summed E-state index contributed by atoms with van der Waals surface area (Å²) in [6.07, 6.45) is 0.776. The van der Waals surface area contributed by atoms with E-state index < -0.39 is 15.8 Å². The number of sulfonamides is 1. The van der Waals surface area contributed by atoms with Gasteiger partial charge in [-0.1, -0.05) is 29.8 Å². The molecule has 1 aliphatic heterocycles. The van der Waals surface area contributed by atoms with Gasteiger partial charge in [0.05, 0.1) is 22.0 Å². The first-order valence-electron chi connectivity index (χ1n) is 10.8. The highest BCUT2D eigenvalue weighted by atomic mass is 32.2. The Kier molecular flexibility index (Phi) is 6.92. The number of hydrogen-bond acceptors (Lipinski definition) is 5. The average Bonchev–Trinajstić information content (AvgIpc) is 2.98. The van der Waals surface area contributed by atoms with Crippen molar-refractivity contribution >= 4 is 27.3 Å². The normalized spacial score (nSPS) is 15.4. The van der Waals surface area contributed by atoms with Crippen LogP contribution in [0.15, 0.2) is 53.4 Å². The molecule has 2 heterocycles. The second-order valence-corrected chi connectivity index (χ2v) is 11.4. The van der Waals surface area contributed by atoms with Gasteiger partial charge >= 0.3 is 0 Å². The SMILES string of the molecule is Cc1ccc(-c2nc(C)sc2CC(=O)N2CCCN(S(=O)(=O)c3ccc(F)cc3)CC2)cc1. The van der Waals surface area contributed by atoms with E-state index in [-0.39, 0.29) is 23.8 Å². The predicted octanol–water partition coefficient (Wildman–Crippen LogP) is 4.03. The van der Waals surface area contributed by atoms with Crippen LogP contribution in [0.3, 0.4) is 0 Å². The Labute approximate surface area is 197 Å². The number of halogens is 1. The molecular formula is C24H26FN3O3S2. The summed E-state index contributed by atoms with van der Waals surface area (Å²) < 4.78 is 40.5. The lowest BCUT2D eigenvalue weighted by molar-refractivity contribution is -0.130. The van der Waals surface area contributed by atoms with Crippen LogP contribution in [-0.2, 0) is 21.2 Å². The van der Waals surface area contributed by atoms with Crippen molar-refractivity contribution in [2.45, 2.75) is 31.6 Å². The summed E-state index contributed by atoms with van der Waals surface area (Å²) in [7, 11) is -3.73. The van der Waals surface area contributed by atoms with Crippen molar-refractivity contribution in [2.24, 2.45) is 0 Å². The van der Waals surface area contributed by atoms with E-state index in [4.69, 9.17) is 0 Å². The van der Waals surface area contributed by atoms with Gasteiger partial charge in [-0.2, -0.15) is 4.31 Å². The van der Waals surface area contributed by atoms with Crippen molar-refractivity contribution in [3.05, 3.63) is 69.8 Å². The van der Waals surface area contributed by atoms with Crippen molar-refractivity contribution < 1.29 is 17.6 Å². The van der Waals surface area contributed by atoms with Gasteiger partial charge in [0.15, 0.2) is 0 Å². The van der Waals surface area contributed by atoms with Gasteiger partial charge in [0.25, 0.3) is 0 Å². The summed E-state index contributed by atoms with van der Waals surface area (Å²) >= 11 is 1.52. The van der Waals surface area contributed by atoms with Crippen molar-refractivity contribution in [2.75, 3.05) is 26.2 Å². The van der Waals surface area contributed by atoms with E-state index >= 15 is 0 Å². The summed E-state index contributed by atoms with van der Waals surface area (Å²) in [6.45, 7) is 5.29. The number of carbonyl (C=O) groups is 1. The number of rotatable bonds is 5. The van der Waals surface area contributed by atoms with E-state index in [1.54, 1.807) is 4.90 Å². The van der Waals surface area contributed by atoms with Crippen LogP contribution >= 0.6 is 11.3 Å². The lowest BCUT2D eigenvalue weighted by Crippen LogP contribution is -2.37. The molecule has 1 aliphatic rings. The van der Waals surface area contributed by atoms with E-state index in [1.165, 1.54) is 27.8 Å². The van der Waals surface area contributed by atoms with E-state index in [1.807, 2.05) is 38.1 Å². The maximum absolute atomic E-state index is 13.2. The number of aryl methyl sites for hydroxylation is 2. The Morgan fingerprint density at radius 1 is 1.00 bits per heavy atom. The van der Waals surface area contributed by atoms with Gasteiger partial charge in [-0.15, -0.1) is 11.3 Å². The van der Waals surface area contributed by atoms with Gasteiger partial charge in [-0.25, -0.2) is 17.8 Å². The molecule has 33 heavy (non-hydrogen) atoms. The Morgan fingerprint density at radius 2 is 1.70 bits per heavy atom. The van der Waals surface area contributed by atoms with Crippen LogP contribution in [0.1, 0.15) is 21.9 Å². The molecule has 1 amide bonds. The second-order valence-electron chi connectivity index (χ2n) is 8.14. The van der Waals surface area contributed by atoms with Crippen LogP contribution in [-0.4, -0.2) is 54.7 Å². The molecule has 6 nitrogen and oxygen atoms in total. The third kappa shape index (κ3) is 5.31. The van der Waals surface area contributed by atoms with Crippen LogP contribution in [0.4, 0.5) is 4.39 Å². The summed E-state index contributed by atoms with van der Waals surface area (Å²) in [4.78, 5) is 20.5. The maximum atomic E-state index is 13.2. The average molecular weight is 488 g/mol. The lowest BCUT2D eigenvalue weighted by Gasteiger charge is -2.22. The largest absolute Gasteiger partial charge is 0.341 e. The highest BCUT2D eigenvalue weighted by molar-refractivity contribution is 7.89. The van der Waals surface area contributed by atoms with Crippen LogP contribution in [0.25, 0.3) is 11.3 Å². The number of nitrogens with zero attached hydrogens (tertiary/aromatic N) is 3. The Morgan fingerprint density at radius 3 is 2.39 bits per heavy atom. The van der Waals surface area contributed by atoms with E-state index in [2.05, 4.69) is 4.98 Å². The number of benzene rings is 2. The molecule has 0 spiro atoms. The van der Waals surface area contributed by atoms with E-state index in [0.29, 0.717) is 26.1 Å². The summed E-state index contributed by atoms with van der Waals surface area (Å²) in [6, 6.07) is 12.9. The molecular weight excluding hydrogens is 461 g/mol. The van der Waals surface area contributed by atoms with Gasteiger partial charge < -0.3 is 4.90 Å². The predicted molar refractivity (Wildman–Crippen MR) is 127 cm³/mol. The molecule has 2 aromatic carbocycles. The quantitative estimate of drug-likeness (QED) is 0.545. The van der Waals surface area contributed by atoms with E-state index in [0.717, 1.165) is 38.8 Å². The number of aromatic nitrogens is 1. The molecule has 9 heteroatoms. The molecule has 4 rings (SSSR count). The topological polar surface area (TPSA) is 70.6 Å². The fourth-order valence-electron chi connectivity index (χ4n) is 3.91. The molecule has 0 saturated carbocycles. The van der Waals surface area contributed by atoms with Gasteiger partial charge in [-0.3, -0.25) is 4.79 Å². The minimum atomic E-state index is -3.73. The molecule has 3 aromatic rings. The standard InChI is InChI=1S/C24H26FN3O3S2/c1-17-4-6-19(7-5-17)24-22(32-18(2)26-24)16-23(29)27-12-3-13-28(15-14-27)33(30,31)21-10-8-20(25)9-11-21/h4-11H,3,12-16H2,1-2H3. The minimum absolute atomic E-state index is 0.0342. The molecule has 0 radical (unpaired) electrons. The molecule has 1 saturated heterocycles. The van der Waals surface area contributed by atoms with Crippen LogP contribution in [0.5, 0.6) is 0 Å². The molecule has 174 valence electrons. The van der Waals surface area contributed by atoms with Crippen molar-refractivity contribution in [1.82, 2.24) is 14.2 Å². The summed E-state index contributed by atoms with van der Waals surface area (Å²) in [5.41, 5.74) is 2.98. The fourth-order valence-corrected chi connectivity index (χ4v) is 6.33.